The van der Waals surface area contributed by atoms with Crippen molar-refractivity contribution in [2.45, 2.75) is 19.8 Å². The Balaban J connectivity index is 2.58. The van der Waals surface area contributed by atoms with Crippen LogP contribution in [0.4, 0.5) is 11.4 Å². The number of nitro benzene ring substituents is 1. The van der Waals surface area contributed by atoms with E-state index in [2.05, 4.69) is 15.4 Å². The van der Waals surface area contributed by atoms with Crippen molar-refractivity contribution in [3.8, 4) is 0 Å². The van der Waals surface area contributed by atoms with Crippen molar-refractivity contribution in [1.82, 2.24) is 5.32 Å². The molecular formula is C13H15N3O5S. The fourth-order valence-electron chi connectivity index (χ4n) is 1.55. The predicted octanol–water partition coefficient (Wildman–Crippen LogP) is 1.67. The first kappa shape index (κ1) is 17.5. The Morgan fingerprint density at radius 2 is 2.05 bits per heavy atom. The summed E-state index contributed by atoms with van der Waals surface area (Å²) in [6.07, 6.45) is -0.122. The van der Waals surface area contributed by atoms with Crippen LogP contribution in [0.1, 0.15) is 18.4 Å². The summed E-state index contributed by atoms with van der Waals surface area (Å²) < 4.78 is 4.42. The van der Waals surface area contributed by atoms with Gasteiger partial charge in [-0.25, -0.2) is 0 Å². The molecule has 1 aromatic rings. The van der Waals surface area contributed by atoms with Crippen LogP contribution >= 0.6 is 12.2 Å². The van der Waals surface area contributed by atoms with Crippen LogP contribution in [-0.4, -0.2) is 29.0 Å². The predicted molar refractivity (Wildman–Crippen MR) is 83.4 cm³/mol. The molecule has 0 aliphatic carbocycles. The number of aryl methyl sites for hydroxylation is 1. The molecule has 2 N–H and O–H groups in total. The van der Waals surface area contributed by atoms with Gasteiger partial charge in [0.2, 0.25) is 5.91 Å². The largest absolute Gasteiger partial charge is 0.469 e. The first-order valence-corrected chi connectivity index (χ1v) is 6.67. The highest BCUT2D eigenvalue weighted by atomic mass is 32.1. The Hall–Kier alpha value is -2.55. The van der Waals surface area contributed by atoms with Gasteiger partial charge in [0.05, 0.1) is 18.5 Å². The molecule has 8 nitrogen and oxygen atoms in total. The van der Waals surface area contributed by atoms with Gasteiger partial charge in [-0.1, -0.05) is 6.07 Å². The highest BCUT2D eigenvalue weighted by Crippen LogP contribution is 2.22. The van der Waals surface area contributed by atoms with Gasteiger partial charge >= 0.3 is 5.97 Å². The molecule has 118 valence electrons. The number of nitro groups is 1. The second-order valence-electron chi connectivity index (χ2n) is 4.34. The molecule has 0 aromatic heterocycles. The minimum atomic E-state index is -0.501. The van der Waals surface area contributed by atoms with Gasteiger partial charge in [-0.2, -0.15) is 0 Å². The fraction of sp³-hybridized carbons (Fsp3) is 0.308. The highest BCUT2D eigenvalue weighted by molar-refractivity contribution is 7.80. The van der Waals surface area contributed by atoms with Crippen molar-refractivity contribution in [3.05, 3.63) is 33.9 Å². The average molecular weight is 325 g/mol. The quantitative estimate of drug-likeness (QED) is 0.366. The molecule has 1 aromatic carbocycles. The number of hydrogen-bond donors (Lipinski definition) is 2. The van der Waals surface area contributed by atoms with E-state index in [1.807, 2.05) is 0 Å². The van der Waals surface area contributed by atoms with Gasteiger partial charge in [0.1, 0.15) is 0 Å². The fourth-order valence-corrected chi connectivity index (χ4v) is 1.78. The van der Waals surface area contributed by atoms with Crippen LogP contribution in [0.3, 0.4) is 0 Å². The van der Waals surface area contributed by atoms with Crippen molar-refractivity contribution < 1.29 is 19.2 Å². The van der Waals surface area contributed by atoms with Gasteiger partial charge in [-0.3, -0.25) is 19.7 Å². The van der Waals surface area contributed by atoms with Crippen molar-refractivity contribution in [2.24, 2.45) is 0 Å². The second kappa shape index (κ2) is 8.03. The van der Waals surface area contributed by atoms with E-state index in [-0.39, 0.29) is 23.6 Å². The van der Waals surface area contributed by atoms with Crippen LogP contribution in [-0.2, 0) is 14.3 Å². The number of thiocarbonyl (C=S) groups is 1. The molecular weight excluding hydrogens is 310 g/mol. The summed E-state index contributed by atoms with van der Waals surface area (Å²) in [6, 6.07) is 4.50. The van der Waals surface area contributed by atoms with Gasteiger partial charge in [-0.05, 0) is 25.2 Å². The van der Waals surface area contributed by atoms with Crippen molar-refractivity contribution in [3.63, 3.8) is 0 Å². The zero-order chi connectivity index (χ0) is 16.7. The monoisotopic (exact) mass is 325 g/mol. The van der Waals surface area contributed by atoms with Crippen LogP contribution < -0.4 is 10.6 Å². The van der Waals surface area contributed by atoms with E-state index in [0.717, 1.165) is 0 Å². The number of nitrogens with one attached hydrogen (secondary N) is 2. The van der Waals surface area contributed by atoms with Crippen molar-refractivity contribution in [2.75, 3.05) is 12.4 Å². The third-order valence-electron chi connectivity index (χ3n) is 2.70. The van der Waals surface area contributed by atoms with Crippen LogP contribution in [0.2, 0.25) is 0 Å². The lowest BCUT2D eigenvalue weighted by Gasteiger charge is -2.09. The minimum Gasteiger partial charge on any atom is -0.469 e. The van der Waals surface area contributed by atoms with E-state index in [4.69, 9.17) is 12.2 Å². The lowest BCUT2D eigenvalue weighted by molar-refractivity contribution is -0.385. The number of carbonyl (C=O) groups excluding carboxylic acids is 2. The van der Waals surface area contributed by atoms with Gasteiger partial charge < -0.3 is 15.4 Å². The van der Waals surface area contributed by atoms with E-state index in [1.165, 1.54) is 13.2 Å². The van der Waals surface area contributed by atoms with E-state index in [0.29, 0.717) is 11.3 Å². The lowest BCUT2D eigenvalue weighted by atomic mass is 10.2. The smallest absolute Gasteiger partial charge is 0.306 e. The van der Waals surface area contributed by atoms with Gasteiger partial charge in [0, 0.05) is 23.7 Å². The Morgan fingerprint density at radius 1 is 1.36 bits per heavy atom. The molecule has 0 saturated carbocycles. The first-order valence-electron chi connectivity index (χ1n) is 6.26. The number of methoxy groups -OCH3 is 1. The molecule has 0 bridgehead atoms. The third-order valence-corrected chi connectivity index (χ3v) is 2.90. The number of amides is 1. The number of esters is 1. The van der Waals surface area contributed by atoms with Crippen LogP contribution in [0.15, 0.2) is 18.2 Å². The number of nitrogens with zero attached hydrogens (tertiary/aromatic N) is 1. The topological polar surface area (TPSA) is 111 Å². The number of anilines is 1. The van der Waals surface area contributed by atoms with E-state index in [9.17, 15) is 19.7 Å². The Kier molecular flexibility index (Phi) is 6.39. The normalized spacial score (nSPS) is 9.73. The molecule has 0 heterocycles. The average Bonchev–Trinajstić information content (AvgIpc) is 2.46. The summed E-state index contributed by atoms with van der Waals surface area (Å²) in [6.45, 7) is 1.62. The number of rotatable bonds is 5. The number of benzene rings is 1. The van der Waals surface area contributed by atoms with Gasteiger partial charge in [-0.15, -0.1) is 0 Å². The zero-order valence-electron chi connectivity index (χ0n) is 12.0. The standard InChI is InChI=1S/C13H15N3O5S/c1-8-3-4-9(7-10(8)16(19)20)14-13(22)15-11(17)5-6-12(18)21-2/h3-4,7H,5-6H2,1-2H3,(H2,14,15,17,22). The summed E-state index contributed by atoms with van der Waals surface area (Å²) >= 11 is 4.93. The Morgan fingerprint density at radius 3 is 2.64 bits per heavy atom. The summed E-state index contributed by atoms with van der Waals surface area (Å²) in [4.78, 5) is 32.8. The molecule has 0 saturated heterocycles. The molecule has 0 atom stereocenters. The number of carbonyl (C=O) groups is 2. The van der Waals surface area contributed by atoms with E-state index < -0.39 is 16.8 Å². The van der Waals surface area contributed by atoms with Crippen LogP contribution in [0.5, 0.6) is 0 Å². The summed E-state index contributed by atoms with van der Waals surface area (Å²) in [7, 11) is 1.23. The minimum absolute atomic E-state index is 0.00647. The molecule has 0 fully saturated rings. The van der Waals surface area contributed by atoms with Gasteiger partial charge in [0.15, 0.2) is 5.11 Å². The molecule has 1 rings (SSSR count). The SMILES string of the molecule is COC(=O)CCC(=O)NC(=S)Nc1ccc(C)c([N+](=O)[O-])c1. The zero-order valence-corrected chi connectivity index (χ0v) is 12.9. The molecule has 0 radical (unpaired) electrons. The maximum atomic E-state index is 11.5. The molecule has 0 spiro atoms. The molecule has 0 aliphatic heterocycles. The summed E-state index contributed by atoms with van der Waals surface area (Å²) in [5, 5.41) is 15.9. The first-order chi connectivity index (χ1) is 10.3. The summed E-state index contributed by atoms with van der Waals surface area (Å²) in [5.74, 6) is -0.951. The summed E-state index contributed by atoms with van der Waals surface area (Å²) in [5.41, 5.74) is 0.851. The van der Waals surface area contributed by atoms with Crippen LogP contribution in [0.25, 0.3) is 0 Å². The van der Waals surface area contributed by atoms with Crippen molar-refractivity contribution in [1.29, 1.82) is 0 Å². The van der Waals surface area contributed by atoms with Gasteiger partial charge in [0.25, 0.3) is 5.69 Å². The third kappa shape index (κ3) is 5.44. The second-order valence-corrected chi connectivity index (χ2v) is 4.75. The lowest BCUT2D eigenvalue weighted by Crippen LogP contribution is -2.34. The van der Waals surface area contributed by atoms with Crippen molar-refractivity contribution >= 4 is 40.6 Å². The molecule has 22 heavy (non-hydrogen) atoms. The molecule has 9 heteroatoms. The highest BCUT2D eigenvalue weighted by Gasteiger charge is 2.12. The maximum Gasteiger partial charge on any atom is 0.306 e. The van der Waals surface area contributed by atoms with E-state index in [1.54, 1.807) is 19.1 Å². The molecule has 0 unspecified atom stereocenters. The Labute approximate surface area is 132 Å². The van der Waals surface area contributed by atoms with E-state index >= 15 is 0 Å². The van der Waals surface area contributed by atoms with Crippen LogP contribution in [0, 0.1) is 17.0 Å². The molecule has 0 aliphatic rings. The number of hydrogen-bond acceptors (Lipinski definition) is 6. The molecule has 1 amide bonds. The number of ether oxygens (including phenoxy) is 1. The maximum absolute atomic E-state index is 11.5. The Bertz CT molecular complexity index is 618.